The first-order valence-corrected chi connectivity index (χ1v) is 9.03. The Bertz CT molecular complexity index is 1250. The minimum atomic E-state index is 0.566. The minimum absolute atomic E-state index is 0.566. The van der Waals surface area contributed by atoms with E-state index in [0.29, 0.717) is 5.95 Å². The molecule has 0 atom stereocenters. The molecule has 3 aromatic heterocycles. The van der Waals surface area contributed by atoms with Gasteiger partial charge in [0.05, 0.1) is 12.0 Å². The van der Waals surface area contributed by atoms with Crippen molar-refractivity contribution in [1.82, 2.24) is 24.5 Å². The van der Waals surface area contributed by atoms with Crippen LogP contribution in [0.5, 0.6) is 0 Å². The maximum Gasteiger partial charge on any atom is 0.227 e. The van der Waals surface area contributed by atoms with Crippen molar-refractivity contribution < 1.29 is 0 Å². The summed E-state index contributed by atoms with van der Waals surface area (Å²) in [6.07, 6.45) is 9.26. The molecule has 2 N–H and O–H groups in total. The van der Waals surface area contributed by atoms with Crippen LogP contribution in [0.25, 0.3) is 27.8 Å². The van der Waals surface area contributed by atoms with E-state index in [0.717, 1.165) is 39.1 Å². The Balaban J connectivity index is 1.52. The Morgan fingerprint density at radius 3 is 2.89 bits per heavy atom. The number of nitrogens with one attached hydrogen (secondary N) is 2. The molecule has 5 rings (SSSR count). The van der Waals surface area contributed by atoms with Gasteiger partial charge in [-0.25, -0.2) is 15.0 Å². The zero-order chi connectivity index (χ0) is 18.9. The van der Waals surface area contributed by atoms with E-state index >= 15 is 0 Å². The Morgan fingerprint density at radius 2 is 2.00 bits per heavy atom. The third kappa shape index (κ3) is 2.91. The van der Waals surface area contributed by atoms with Gasteiger partial charge in [0.2, 0.25) is 5.95 Å². The van der Waals surface area contributed by atoms with Crippen LogP contribution in [0.3, 0.4) is 0 Å². The van der Waals surface area contributed by atoms with Crippen LogP contribution in [0.1, 0.15) is 5.56 Å². The summed E-state index contributed by atoms with van der Waals surface area (Å²) in [7, 11) is 0. The molecule has 136 valence electrons. The fourth-order valence-corrected chi connectivity index (χ4v) is 3.35. The predicted molar refractivity (Wildman–Crippen MR) is 111 cm³/mol. The molecule has 0 radical (unpaired) electrons. The standard InChI is InChI=1S/C22H18N6/c1-15-13-25-22(26-16-4-2-5-17(12-16)28-11-10-23-14-28)27-21(15)19-6-3-7-20-18(19)8-9-24-20/h2-14,24H,1H3,(H,25,26,27). The average Bonchev–Trinajstić information content (AvgIpc) is 3.41. The molecule has 0 spiro atoms. The van der Waals surface area contributed by atoms with E-state index in [1.165, 1.54) is 0 Å². The zero-order valence-electron chi connectivity index (χ0n) is 15.3. The number of fused-ring (bicyclic) bond motifs is 1. The lowest BCUT2D eigenvalue weighted by Gasteiger charge is -2.11. The summed E-state index contributed by atoms with van der Waals surface area (Å²) < 4.78 is 1.96. The number of nitrogens with zero attached hydrogens (tertiary/aromatic N) is 4. The minimum Gasteiger partial charge on any atom is -0.361 e. The van der Waals surface area contributed by atoms with Crippen molar-refractivity contribution in [1.29, 1.82) is 0 Å². The fourth-order valence-electron chi connectivity index (χ4n) is 3.35. The maximum atomic E-state index is 4.80. The predicted octanol–water partition coefficient (Wildman–Crippen LogP) is 4.86. The number of hydrogen-bond donors (Lipinski definition) is 2. The molecular formula is C22H18N6. The van der Waals surface area contributed by atoms with Crippen molar-refractivity contribution in [3.8, 4) is 16.9 Å². The van der Waals surface area contributed by atoms with Gasteiger partial charge in [-0.05, 0) is 42.8 Å². The molecule has 2 aromatic carbocycles. The second-order valence-electron chi connectivity index (χ2n) is 6.61. The van der Waals surface area contributed by atoms with Gasteiger partial charge in [0.1, 0.15) is 0 Å². The summed E-state index contributed by atoms with van der Waals surface area (Å²) in [6, 6.07) is 16.3. The third-order valence-electron chi connectivity index (χ3n) is 4.73. The second kappa shape index (κ2) is 6.66. The van der Waals surface area contributed by atoms with Gasteiger partial charge >= 0.3 is 0 Å². The van der Waals surface area contributed by atoms with Gasteiger partial charge in [-0.3, -0.25) is 0 Å². The summed E-state index contributed by atoms with van der Waals surface area (Å²) in [6.45, 7) is 2.03. The summed E-state index contributed by atoms with van der Waals surface area (Å²) in [5, 5.41) is 4.47. The van der Waals surface area contributed by atoms with Crippen LogP contribution in [-0.2, 0) is 0 Å². The van der Waals surface area contributed by atoms with Crippen LogP contribution < -0.4 is 5.32 Å². The summed E-state index contributed by atoms with van der Waals surface area (Å²) in [5.41, 5.74) is 6.08. The smallest absolute Gasteiger partial charge is 0.227 e. The Hall–Kier alpha value is -3.93. The van der Waals surface area contributed by atoms with Crippen LogP contribution in [0.2, 0.25) is 0 Å². The molecule has 0 aliphatic heterocycles. The number of rotatable bonds is 4. The van der Waals surface area contributed by atoms with Crippen molar-refractivity contribution >= 4 is 22.5 Å². The number of aromatic amines is 1. The lowest BCUT2D eigenvalue weighted by molar-refractivity contribution is 1.06. The molecule has 28 heavy (non-hydrogen) atoms. The third-order valence-corrected chi connectivity index (χ3v) is 4.73. The Labute approximate surface area is 161 Å². The van der Waals surface area contributed by atoms with Gasteiger partial charge in [0, 0.05) is 52.6 Å². The molecule has 5 aromatic rings. The molecule has 6 nitrogen and oxygen atoms in total. The maximum absolute atomic E-state index is 4.80. The van der Waals surface area contributed by atoms with Crippen LogP contribution in [0.4, 0.5) is 11.6 Å². The fraction of sp³-hybridized carbons (Fsp3) is 0.0455. The first-order chi connectivity index (χ1) is 13.8. The van der Waals surface area contributed by atoms with Crippen molar-refractivity contribution in [3.63, 3.8) is 0 Å². The molecular weight excluding hydrogens is 348 g/mol. The topological polar surface area (TPSA) is 71.4 Å². The van der Waals surface area contributed by atoms with Crippen LogP contribution in [0.15, 0.2) is 79.6 Å². The van der Waals surface area contributed by atoms with E-state index in [4.69, 9.17) is 4.98 Å². The highest BCUT2D eigenvalue weighted by atomic mass is 15.1. The van der Waals surface area contributed by atoms with E-state index in [1.54, 1.807) is 12.5 Å². The Kier molecular flexibility index (Phi) is 3.87. The van der Waals surface area contributed by atoms with E-state index in [9.17, 15) is 0 Å². The van der Waals surface area contributed by atoms with Gasteiger partial charge in [0.15, 0.2) is 0 Å². The quantitative estimate of drug-likeness (QED) is 0.476. The van der Waals surface area contributed by atoms with E-state index < -0.39 is 0 Å². The SMILES string of the molecule is Cc1cnc(Nc2cccc(-n3ccnc3)c2)nc1-c1cccc2[nH]ccc12. The molecule has 0 aliphatic carbocycles. The van der Waals surface area contributed by atoms with E-state index in [-0.39, 0.29) is 0 Å². The normalized spacial score (nSPS) is 11.0. The van der Waals surface area contributed by atoms with Crippen LogP contribution in [-0.4, -0.2) is 24.5 Å². The molecule has 0 saturated heterocycles. The Morgan fingerprint density at radius 1 is 1.07 bits per heavy atom. The molecule has 0 unspecified atom stereocenters. The van der Waals surface area contributed by atoms with Crippen LogP contribution in [0, 0.1) is 6.92 Å². The number of benzene rings is 2. The first kappa shape index (κ1) is 16.3. The highest BCUT2D eigenvalue weighted by Gasteiger charge is 2.11. The van der Waals surface area contributed by atoms with E-state index in [2.05, 4.69) is 38.5 Å². The summed E-state index contributed by atoms with van der Waals surface area (Å²) in [5.74, 6) is 0.566. The monoisotopic (exact) mass is 366 g/mol. The van der Waals surface area contributed by atoms with Crippen molar-refractivity contribution in [2.75, 3.05) is 5.32 Å². The van der Waals surface area contributed by atoms with Crippen molar-refractivity contribution in [2.24, 2.45) is 0 Å². The summed E-state index contributed by atoms with van der Waals surface area (Å²) in [4.78, 5) is 16.6. The molecule has 3 heterocycles. The van der Waals surface area contributed by atoms with Gasteiger partial charge in [-0.15, -0.1) is 0 Å². The molecule has 0 bridgehead atoms. The lowest BCUT2D eigenvalue weighted by atomic mass is 10.0. The first-order valence-electron chi connectivity index (χ1n) is 9.03. The van der Waals surface area contributed by atoms with Crippen molar-refractivity contribution in [2.45, 2.75) is 6.92 Å². The number of H-pyrrole nitrogens is 1. The van der Waals surface area contributed by atoms with Gasteiger partial charge in [-0.2, -0.15) is 0 Å². The molecule has 0 aliphatic rings. The molecule has 0 amide bonds. The molecule has 0 fully saturated rings. The number of aryl methyl sites for hydroxylation is 1. The van der Waals surface area contributed by atoms with Crippen LogP contribution >= 0.6 is 0 Å². The number of anilines is 2. The van der Waals surface area contributed by atoms with Gasteiger partial charge in [-0.1, -0.05) is 18.2 Å². The molecule has 6 heteroatoms. The summed E-state index contributed by atoms with van der Waals surface area (Å²) >= 11 is 0. The second-order valence-corrected chi connectivity index (χ2v) is 6.61. The van der Waals surface area contributed by atoms with Gasteiger partial charge in [0.25, 0.3) is 0 Å². The highest BCUT2D eigenvalue weighted by molar-refractivity contribution is 5.94. The average molecular weight is 366 g/mol. The largest absolute Gasteiger partial charge is 0.361 e. The number of aromatic nitrogens is 5. The zero-order valence-corrected chi connectivity index (χ0v) is 15.3. The van der Waals surface area contributed by atoms with Gasteiger partial charge < -0.3 is 14.9 Å². The van der Waals surface area contributed by atoms with E-state index in [1.807, 2.05) is 60.4 Å². The highest BCUT2D eigenvalue weighted by Crippen LogP contribution is 2.30. The number of hydrogen-bond acceptors (Lipinski definition) is 4. The number of imidazole rings is 1. The van der Waals surface area contributed by atoms with Crippen molar-refractivity contribution in [3.05, 3.63) is 85.2 Å². The lowest BCUT2D eigenvalue weighted by Crippen LogP contribution is -2.01. The molecule has 0 saturated carbocycles.